The average molecular weight is 221 g/mol. The van der Waals surface area contributed by atoms with Crippen molar-refractivity contribution < 1.29 is 9.53 Å². The van der Waals surface area contributed by atoms with E-state index in [0.717, 1.165) is 17.7 Å². The molecule has 1 aromatic rings. The molecule has 0 unspecified atom stereocenters. The van der Waals surface area contributed by atoms with Gasteiger partial charge in [-0.15, -0.1) is 0 Å². The van der Waals surface area contributed by atoms with Gasteiger partial charge < -0.3 is 10.5 Å². The van der Waals surface area contributed by atoms with E-state index in [0.29, 0.717) is 5.56 Å². The first-order chi connectivity index (χ1) is 7.40. The highest BCUT2D eigenvalue weighted by atomic mass is 16.5. The van der Waals surface area contributed by atoms with Crippen LogP contribution in [0.2, 0.25) is 0 Å². The molecule has 0 heterocycles. The lowest BCUT2D eigenvalue weighted by atomic mass is 9.93. The summed E-state index contributed by atoms with van der Waals surface area (Å²) >= 11 is 0. The Hall–Kier alpha value is -1.35. The van der Waals surface area contributed by atoms with Crippen molar-refractivity contribution in [1.29, 1.82) is 0 Å². The Kier molecular flexibility index (Phi) is 3.70. The number of nitrogens with two attached hydrogens (primary N) is 1. The highest BCUT2D eigenvalue weighted by Gasteiger charge is 2.23. The van der Waals surface area contributed by atoms with Gasteiger partial charge in [0, 0.05) is 5.56 Å². The van der Waals surface area contributed by atoms with Crippen LogP contribution in [0.4, 0.5) is 0 Å². The standard InChI is InChI=1S/C13H19NO2/c1-5-9-8-10(6-7-11(9)16-4)12(15)13(2,3)14/h6-8H,5,14H2,1-4H3. The van der Waals surface area contributed by atoms with E-state index in [1.807, 2.05) is 19.1 Å². The second kappa shape index (κ2) is 4.66. The molecule has 16 heavy (non-hydrogen) atoms. The van der Waals surface area contributed by atoms with Crippen LogP contribution in [-0.2, 0) is 6.42 Å². The van der Waals surface area contributed by atoms with Crippen molar-refractivity contribution >= 4 is 5.78 Å². The number of methoxy groups -OCH3 is 1. The van der Waals surface area contributed by atoms with Crippen molar-refractivity contribution in [2.75, 3.05) is 7.11 Å². The minimum atomic E-state index is -0.834. The molecule has 0 bridgehead atoms. The molecule has 2 N–H and O–H groups in total. The van der Waals surface area contributed by atoms with Gasteiger partial charge in [0.25, 0.3) is 0 Å². The van der Waals surface area contributed by atoms with Gasteiger partial charge in [-0.2, -0.15) is 0 Å². The smallest absolute Gasteiger partial charge is 0.182 e. The van der Waals surface area contributed by atoms with Gasteiger partial charge in [-0.3, -0.25) is 4.79 Å². The third-order valence-electron chi connectivity index (χ3n) is 2.51. The molecule has 0 amide bonds. The van der Waals surface area contributed by atoms with Crippen LogP contribution in [0.15, 0.2) is 18.2 Å². The minimum absolute atomic E-state index is 0.0511. The van der Waals surface area contributed by atoms with Crippen LogP contribution in [0, 0.1) is 0 Å². The normalized spacial score (nSPS) is 11.3. The second-order valence-corrected chi connectivity index (χ2v) is 4.43. The molecule has 1 rings (SSSR count). The van der Waals surface area contributed by atoms with E-state index in [1.165, 1.54) is 0 Å². The molecule has 0 spiro atoms. The van der Waals surface area contributed by atoms with Crippen molar-refractivity contribution in [3.63, 3.8) is 0 Å². The van der Waals surface area contributed by atoms with E-state index < -0.39 is 5.54 Å². The molecule has 1 aromatic carbocycles. The van der Waals surface area contributed by atoms with Crippen LogP contribution >= 0.6 is 0 Å². The van der Waals surface area contributed by atoms with Gasteiger partial charge >= 0.3 is 0 Å². The van der Waals surface area contributed by atoms with Crippen LogP contribution < -0.4 is 10.5 Å². The molecule has 0 fully saturated rings. The number of carbonyl (C=O) groups is 1. The Morgan fingerprint density at radius 3 is 2.50 bits per heavy atom. The topological polar surface area (TPSA) is 52.3 Å². The zero-order valence-corrected chi connectivity index (χ0v) is 10.3. The maximum Gasteiger partial charge on any atom is 0.182 e. The highest BCUT2D eigenvalue weighted by molar-refractivity contribution is 6.02. The van der Waals surface area contributed by atoms with E-state index in [9.17, 15) is 4.79 Å². The van der Waals surface area contributed by atoms with Gasteiger partial charge in [0.05, 0.1) is 12.6 Å². The van der Waals surface area contributed by atoms with Gasteiger partial charge in [0.15, 0.2) is 5.78 Å². The minimum Gasteiger partial charge on any atom is -0.496 e. The third-order valence-corrected chi connectivity index (χ3v) is 2.51. The van der Waals surface area contributed by atoms with Crippen molar-refractivity contribution in [3.8, 4) is 5.75 Å². The Balaban J connectivity index is 3.13. The van der Waals surface area contributed by atoms with Crippen LogP contribution in [0.1, 0.15) is 36.7 Å². The van der Waals surface area contributed by atoms with E-state index >= 15 is 0 Å². The van der Waals surface area contributed by atoms with Crippen molar-refractivity contribution in [3.05, 3.63) is 29.3 Å². The number of benzene rings is 1. The summed E-state index contributed by atoms with van der Waals surface area (Å²) in [5, 5.41) is 0. The van der Waals surface area contributed by atoms with Crippen molar-refractivity contribution in [2.45, 2.75) is 32.7 Å². The summed E-state index contributed by atoms with van der Waals surface area (Å²) in [5.74, 6) is 0.763. The fourth-order valence-electron chi connectivity index (χ4n) is 1.57. The predicted octanol–water partition coefficient (Wildman–Crippen LogP) is 2.18. The number of ether oxygens (including phenoxy) is 1. The molecule has 0 aromatic heterocycles. The maximum absolute atomic E-state index is 12.0. The number of hydrogen-bond donors (Lipinski definition) is 1. The summed E-state index contributed by atoms with van der Waals surface area (Å²) in [6.07, 6.45) is 0.829. The SMILES string of the molecule is CCc1cc(C(=O)C(C)(C)N)ccc1OC. The molecule has 0 aliphatic rings. The lowest BCUT2D eigenvalue weighted by Crippen LogP contribution is -2.41. The third kappa shape index (κ3) is 2.61. The monoisotopic (exact) mass is 221 g/mol. The maximum atomic E-state index is 12.0. The number of rotatable bonds is 4. The largest absolute Gasteiger partial charge is 0.496 e. The lowest BCUT2D eigenvalue weighted by molar-refractivity contribution is 0.0913. The van der Waals surface area contributed by atoms with Gasteiger partial charge in [-0.05, 0) is 44.0 Å². The van der Waals surface area contributed by atoms with Gasteiger partial charge in [-0.25, -0.2) is 0 Å². The molecular weight excluding hydrogens is 202 g/mol. The number of aryl methyl sites for hydroxylation is 1. The second-order valence-electron chi connectivity index (χ2n) is 4.43. The van der Waals surface area contributed by atoms with E-state index in [2.05, 4.69) is 0 Å². The Morgan fingerprint density at radius 2 is 2.06 bits per heavy atom. The lowest BCUT2D eigenvalue weighted by Gasteiger charge is -2.17. The summed E-state index contributed by atoms with van der Waals surface area (Å²) in [4.78, 5) is 12.0. The number of hydrogen-bond acceptors (Lipinski definition) is 3. The molecule has 0 aliphatic heterocycles. The first kappa shape index (κ1) is 12.7. The number of ketones is 1. The number of carbonyl (C=O) groups excluding carboxylic acids is 1. The molecule has 0 atom stereocenters. The molecular formula is C13H19NO2. The van der Waals surface area contributed by atoms with Crippen LogP contribution in [0.5, 0.6) is 5.75 Å². The zero-order valence-electron chi connectivity index (χ0n) is 10.3. The Bertz CT molecular complexity index is 391. The summed E-state index contributed by atoms with van der Waals surface area (Å²) in [7, 11) is 1.63. The molecule has 0 saturated heterocycles. The summed E-state index contributed by atoms with van der Waals surface area (Å²) in [5.41, 5.74) is 6.63. The zero-order chi connectivity index (χ0) is 12.3. The summed E-state index contributed by atoms with van der Waals surface area (Å²) in [6, 6.07) is 5.43. The first-order valence-corrected chi connectivity index (χ1v) is 5.40. The van der Waals surface area contributed by atoms with Crippen molar-refractivity contribution in [2.24, 2.45) is 5.73 Å². The molecule has 3 heteroatoms. The van der Waals surface area contributed by atoms with Crippen LogP contribution in [0.25, 0.3) is 0 Å². The van der Waals surface area contributed by atoms with Crippen LogP contribution in [-0.4, -0.2) is 18.4 Å². The molecule has 3 nitrogen and oxygen atoms in total. The van der Waals surface area contributed by atoms with Gasteiger partial charge in [0.2, 0.25) is 0 Å². The Labute approximate surface area is 96.6 Å². The average Bonchev–Trinajstić information content (AvgIpc) is 2.25. The van der Waals surface area contributed by atoms with E-state index in [4.69, 9.17) is 10.5 Å². The first-order valence-electron chi connectivity index (χ1n) is 5.40. The van der Waals surface area contributed by atoms with E-state index in [-0.39, 0.29) is 5.78 Å². The quantitative estimate of drug-likeness (QED) is 0.793. The van der Waals surface area contributed by atoms with Gasteiger partial charge in [-0.1, -0.05) is 6.92 Å². The molecule has 88 valence electrons. The van der Waals surface area contributed by atoms with Crippen molar-refractivity contribution in [1.82, 2.24) is 0 Å². The van der Waals surface area contributed by atoms with Crippen LogP contribution in [0.3, 0.4) is 0 Å². The van der Waals surface area contributed by atoms with Gasteiger partial charge in [0.1, 0.15) is 5.75 Å². The highest BCUT2D eigenvalue weighted by Crippen LogP contribution is 2.22. The Morgan fingerprint density at radius 1 is 1.44 bits per heavy atom. The summed E-state index contributed by atoms with van der Waals surface area (Å²) in [6.45, 7) is 5.45. The number of Topliss-reactive ketones (excluding diaryl/α,β-unsaturated/α-hetero) is 1. The van der Waals surface area contributed by atoms with E-state index in [1.54, 1.807) is 27.0 Å². The fraction of sp³-hybridized carbons (Fsp3) is 0.462. The molecule has 0 aliphatic carbocycles. The molecule has 0 saturated carbocycles. The summed E-state index contributed by atoms with van der Waals surface area (Å²) < 4.78 is 5.21. The molecule has 0 radical (unpaired) electrons. The fourth-order valence-corrected chi connectivity index (χ4v) is 1.57. The predicted molar refractivity (Wildman–Crippen MR) is 65.0 cm³/mol.